The van der Waals surface area contributed by atoms with Crippen molar-refractivity contribution in [3.8, 4) is 0 Å². The van der Waals surface area contributed by atoms with E-state index in [1.807, 2.05) is 6.07 Å². The topological polar surface area (TPSA) is 111 Å². The van der Waals surface area contributed by atoms with Crippen molar-refractivity contribution in [3.05, 3.63) is 50.4 Å². The number of imidazole rings is 1. The first kappa shape index (κ1) is 20.5. The number of aromatic nitrogens is 4. The fourth-order valence-corrected chi connectivity index (χ4v) is 5.12. The number of fused-ring (bicyclic) bond motifs is 2. The maximum Gasteiger partial charge on any atom is 0.332 e. The van der Waals surface area contributed by atoms with E-state index in [0.29, 0.717) is 24.2 Å². The summed E-state index contributed by atoms with van der Waals surface area (Å²) in [7, 11) is 2.84. The van der Waals surface area contributed by atoms with Gasteiger partial charge in [-0.1, -0.05) is 25.0 Å². The predicted octanol–water partition coefficient (Wildman–Crippen LogP) is 1.39. The van der Waals surface area contributed by atoms with Crippen LogP contribution in [0.15, 0.2) is 33.9 Å². The molecule has 0 radical (unpaired) electrons. The molecule has 1 N–H and O–H groups in total. The molecule has 1 aliphatic carbocycles. The Bertz CT molecular complexity index is 1410. The van der Waals surface area contributed by atoms with Crippen LogP contribution < -0.4 is 21.5 Å². The van der Waals surface area contributed by atoms with Crippen molar-refractivity contribution in [3.63, 3.8) is 0 Å². The molecule has 10 nitrogen and oxygen atoms in total. The summed E-state index contributed by atoms with van der Waals surface area (Å²) in [6.45, 7) is -0.299. The molecular formula is C21H21ClN6O4. The normalized spacial score (nSPS) is 17.1. The number of anilines is 2. The monoisotopic (exact) mass is 456 g/mol. The Morgan fingerprint density at radius 3 is 2.53 bits per heavy atom. The molecule has 0 atom stereocenters. The molecule has 3 aromatic rings. The number of carbonyl (C=O) groups excluding carboxylic acids is 2. The Morgan fingerprint density at radius 1 is 1.12 bits per heavy atom. The summed E-state index contributed by atoms with van der Waals surface area (Å²) in [5, 5.41) is 2.86. The summed E-state index contributed by atoms with van der Waals surface area (Å²) < 4.78 is 3.47. The van der Waals surface area contributed by atoms with Crippen molar-refractivity contribution >= 4 is 46.0 Å². The fourth-order valence-electron chi connectivity index (χ4n) is 4.90. The average Bonchev–Trinajstić information content (AvgIpc) is 3.38. The van der Waals surface area contributed by atoms with Gasteiger partial charge in [0.2, 0.25) is 11.2 Å². The summed E-state index contributed by atoms with van der Waals surface area (Å²) in [6, 6.07) is 7.15. The number of aryl methyl sites for hydroxylation is 1. The van der Waals surface area contributed by atoms with Crippen molar-refractivity contribution in [1.29, 1.82) is 0 Å². The lowest BCUT2D eigenvalue weighted by molar-refractivity contribution is -0.127. The van der Waals surface area contributed by atoms with Gasteiger partial charge < -0.3 is 5.32 Å². The number of halogens is 1. The largest absolute Gasteiger partial charge is 0.332 e. The van der Waals surface area contributed by atoms with Gasteiger partial charge in [0.15, 0.2) is 11.2 Å². The standard InChI is InChI=1S/C21H21ClN6O4/c1-25-16-15(17(30)26(2)20(25)32)27(19(22)24-16)11-14(29)28-13-8-4-3-7-12(13)23-18(31)21(28)9-5-6-10-21/h3-4,7-8H,5-6,9-11H2,1-2H3,(H,23,31). The zero-order valence-electron chi connectivity index (χ0n) is 17.6. The molecule has 0 saturated heterocycles. The number of nitrogens with one attached hydrogen (secondary N) is 1. The van der Waals surface area contributed by atoms with Crippen LogP contribution in [0.4, 0.5) is 11.4 Å². The van der Waals surface area contributed by atoms with E-state index in [4.69, 9.17) is 11.6 Å². The highest BCUT2D eigenvalue weighted by molar-refractivity contribution is 6.29. The van der Waals surface area contributed by atoms with Crippen LogP contribution in [0.2, 0.25) is 5.28 Å². The lowest BCUT2D eigenvalue weighted by Crippen LogP contribution is -2.61. The van der Waals surface area contributed by atoms with Crippen molar-refractivity contribution < 1.29 is 9.59 Å². The number of carbonyl (C=O) groups is 2. The molecule has 32 heavy (non-hydrogen) atoms. The van der Waals surface area contributed by atoms with Crippen LogP contribution in [0, 0.1) is 0 Å². The van der Waals surface area contributed by atoms with Crippen LogP contribution in [-0.4, -0.2) is 36.0 Å². The minimum absolute atomic E-state index is 0.0585. The van der Waals surface area contributed by atoms with Gasteiger partial charge in [-0.3, -0.25) is 33.0 Å². The number of amides is 2. The number of hydrogen-bond donors (Lipinski definition) is 1. The first-order valence-electron chi connectivity index (χ1n) is 10.3. The maximum atomic E-state index is 13.7. The van der Waals surface area contributed by atoms with Crippen LogP contribution in [0.25, 0.3) is 11.2 Å². The second kappa shape index (κ2) is 7.06. The van der Waals surface area contributed by atoms with Crippen LogP contribution in [0.1, 0.15) is 25.7 Å². The van der Waals surface area contributed by atoms with E-state index in [1.54, 1.807) is 23.1 Å². The van der Waals surface area contributed by atoms with Gasteiger partial charge in [-0.05, 0) is 36.6 Å². The summed E-state index contributed by atoms with van der Waals surface area (Å²) in [6.07, 6.45) is 2.76. The predicted molar refractivity (Wildman–Crippen MR) is 119 cm³/mol. The molecule has 11 heteroatoms. The van der Waals surface area contributed by atoms with Crippen LogP contribution >= 0.6 is 11.6 Å². The third kappa shape index (κ3) is 2.68. The Labute approximate surface area is 187 Å². The molecule has 1 fully saturated rings. The van der Waals surface area contributed by atoms with Gasteiger partial charge in [0.05, 0.1) is 11.4 Å². The molecule has 2 aliphatic rings. The number of nitrogens with zero attached hydrogens (tertiary/aromatic N) is 5. The van der Waals surface area contributed by atoms with E-state index >= 15 is 0 Å². The number of rotatable bonds is 2. The third-order valence-electron chi connectivity index (χ3n) is 6.52. The van der Waals surface area contributed by atoms with Crippen LogP contribution in [0.3, 0.4) is 0 Å². The van der Waals surface area contributed by atoms with E-state index < -0.39 is 16.8 Å². The number of hydrogen-bond acceptors (Lipinski definition) is 5. The lowest BCUT2D eigenvalue weighted by Gasteiger charge is -2.44. The zero-order valence-corrected chi connectivity index (χ0v) is 18.3. The molecule has 0 unspecified atom stereocenters. The highest BCUT2D eigenvalue weighted by Crippen LogP contribution is 2.45. The summed E-state index contributed by atoms with van der Waals surface area (Å²) in [5.74, 6) is -0.590. The van der Waals surface area contributed by atoms with Crippen LogP contribution in [0.5, 0.6) is 0 Å². The van der Waals surface area contributed by atoms with E-state index in [0.717, 1.165) is 17.4 Å². The Balaban J connectivity index is 1.66. The van der Waals surface area contributed by atoms with Gasteiger partial charge in [0.1, 0.15) is 12.1 Å². The SMILES string of the molecule is Cn1c(=O)c2c(nc(Cl)n2CC(=O)N2c3ccccc3NC(=O)C23CCCC3)n(C)c1=O. The molecule has 166 valence electrons. The van der Waals surface area contributed by atoms with Gasteiger partial charge in [0.25, 0.3) is 11.5 Å². The van der Waals surface area contributed by atoms with Gasteiger partial charge in [0, 0.05) is 14.1 Å². The highest BCUT2D eigenvalue weighted by atomic mass is 35.5. The van der Waals surface area contributed by atoms with E-state index in [9.17, 15) is 19.2 Å². The van der Waals surface area contributed by atoms with Crippen LogP contribution in [-0.2, 0) is 30.2 Å². The average molecular weight is 457 g/mol. The smallest absolute Gasteiger partial charge is 0.322 e. The minimum atomic E-state index is -0.980. The first-order chi connectivity index (χ1) is 15.3. The maximum absolute atomic E-state index is 13.7. The highest BCUT2D eigenvalue weighted by Gasteiger charge is 2.52. The number of para-hydroxylation sites is 2. The van der Waals surface area contributed by atoms with Crippen molar-refractivity contribution in [2.75, 3.05) is 10.2 Å². The van der Waals surface area contributed by atoms with Gasteiger partial charge in [-0.25, -0.2) is 4.79 Å². The van der Waals surface area contributed by atoms with Gasteiger partial charge in [-0.15, -0.1) is 0 Å². The molecule has 3 heterocycles. The molecule has 2 aromatic heterocycles. The molecule has 1 aromatic carbocycles. The van der Waals surface area contributed by atoms with Gasteiger partial charge in [-0.2, -0.15) is 4.98 Å². The molecular weight excluding hydrogens is 436 g/mol. The Morgan fingerprint density at radius 2 is 1.81 bits per heavy atom. The molecule has 1 aliphatic heterocycles. The quantitative estimate of drug-likeness (QED) is 0.586. The van der Waals surface area contributed by atoms with E-state index in [-0.39, 0.29) is 34.8 Å². The fraction of sp³-hybridized carbons (Fsp3) is 0.381. The second-order valence-corrected chi connectivity index (χ2v) is 8.62. The first-order valence-corrected chi connectivity index (χ1v) is 10.7. The lowest BCUT2D eigenvalue weighted by atomic mass is 9.89. The molecule has 2 amide bonds. The van der Waals surface area contributed by atoms with E-state index in [2.05, 4.69) is 10.3 Å². The van der Waals surface area contributed by atoms with Crippen molar-refractivity contribution in [2.24, 2.45) is 14.1 Å². The van der Waals surface area contributed by atoms with Crippen molar-refractivity contribution in [2.45, 2.75) is 37.8 Å². The molecule has 5 rings (SSSR count). The molecule has 0 bridgehead atoms. The minimum Gasteiger partial charge on any atom is -0.322 e. The molecule has 1 saturated carbocycles. The Hall–Kier alpha value is -3.40. The molecule has 1 spiro atoms. The van der Waals surface area contributed by atoms with Crippen molar-refractivity contribution in [1.82, 2.24) is 18.7 Å². The number of benzene rings is 1. The van der Waals surface area contributed by atoms with Gasteiger partial charge >= 0.3 is 5.69 Å². The summed E-state index contributed by atoms with van der Waals surface area (Å²) >= 11 is 6.32. The second-order valence-electron chi connectivity index (χ2n) is 8.28. The summed E-state index contributed by atoms with van der Waals surface area (Å²) in [5.41, 5.74) is -0.787. The third-order valence-corrected chi connectivity index (χ3v) is 6.81. The summed E-state index contributed by atoms with van der Waals surface area (Å²) in [4.78, 5) is 57.7. The zero-order chi connectivity index (χ0) is 22.8. The Kier molecular flexibility index (Phi) is 4.52. The van der Waals surface area contributed by atoms with E-state index in [1.165, 1.54) is 23.2 Å².